The van der Waals surface area contributed by atoms with Crippen molar-refractivity contribution in [1.29, 1.82) is 0 Å². The second kappa shape index (κ2) is 7.86. The molecule has 156 valence electrons. The number of anilines is 2. The lowest BCUT2D eigenvalue weighted by atomic mass is 10.3. The molecule has 2 heterocycles. The van der Waals surface area contributed by atoms with Crippen molar-refractivity contribution in [3.05, 3.63) is 47.5 Å². The molecule has 11 heteroatoms. The first kappa shape index (κ1) is 20.6. The van der Waals surface area contributed by atoms with E-state index in [2.05, 4.69) is 10.3 Å². The molecule has 0 unspecified atom stereocenters. The minimum absolute atomic E-state index is 0.111. The highest BCUT2D eigenvalue weighted by Crippen LogP contribution is 2.28. The summed E-state index contributed by atoms with van der Waals surface area (Å²) in [5.41, 5.74) is 1.27. The Balaban J connectivity index is 1.43. The van der Waals surface area contributed by atoms with Gasteiger partial charge in [-0.1, -0.05) is 29.0 Å². The predicted molar refractivity (Wildman–Crippen MR) is 117 cm³/mol. The van der Waals surface area contributed by atoms with Gasteiger partial charge in [-0.25, -0.2) is 18.2 Å². The molecule has 4 rings (SSSR count). The minimum Gasteiger partial charge on any atom is -0.313 e. The largest absolute Gasteiger partial charge is 0.325 e. The van der Waals surface area contributed by atoms with Gasteiger partial charge >= 0.3 is 6.03 Å². The van der Waals surface area contributed by atoms with Gasteiger partial charge in [0.25, 0.3) is 0 Å². The fourth-order valence-electron chi connectivity index (χ4n) is 3.13. The van der Waals surface area contributed by atoms with E-state index < -0.39 is 9.84 Å². The number of urea groups is 1. The summed E-state index contributed by atoms with van der Waals surface area (Å²) >= 11 is 7.17. The second-order valence-electron chi connectivity index (χ2n) is 6.80. The Morgan fingerprint density at radius 2 is 2.03 bits per heavy atom. The zero-order valence-electron chi connectivity index (χ0n) is 15.8. The van der Waals surface area contributed by atoms with Crippen LogP contribution in [0, 0.1) is 0 Å². The van der Waals surface area contributed by atoms with Gasteiger partial charge in [-0.2, -0.15) is 0 Å². The van der Waals surface area contributed by atoms with Crippen molar-refractivity contribution < 1.29 is 18.0 Å². The number of rotatable bonds is 5. The summed E-state index contributed by atoms with van der Waals surface area (Å²) in [4.78, 5) is 32.6. The van der Waals surface area contributed by atoms with Crippen LogP contribution < -0.4 is 10.2 Å². The fourth-order valence-corrected chi connectivity index (χ4v) is 4.96. The minimum atomic E-state index is -3.33. The van der Waals surface area contributed by atoms with Crippen LogP contribution in [0.1, 0.15) is 0 Å². The first-order valence-electron chi connectivity index (χ1n) is 8.93. The molecule has 30 heavy (non-hydrogen) atoms. The molecule has 0 saturated carbocycles. The molecule has 1 aromatic heterocycles. The fraction of sp³-hybridized carbons (Fsp3) is 0.211. The van der Waals surface area contributed by atoms with E-state index in [0.29, 0.717) is 39.1 Å². The smallest absolute Gasteiger partial charge is 0.313 e. The molecule has 0 spiro atoms. The molecule has 1 N–H and O–H groups in total. The van der Waals surface area contributed by atoms with E-state index in [4.69, 9.17) is 11.6 Å². The summed E-state index contributed by atoms with van der Waals surface area (Å²) in [5, 5.41) is 3.57. The number of sulfone groups is 1. The van der Waals surface area contributed by atoms with Crippen LogP contribution in [-0.2, 0) is 14.6 Å². The van der Waals surface area contributed by atoms with E-state index in [1.807, 2.05) is 0 Å². The maximum atomic E-state index is 12.6. The number of thiazole rings is 1. The van der Waals surface area contributed by atoms with Crippen molar-refractivity contribution in [3.8, 4) is 0 Å². The highest BCUT2D eigenvalue weighted by molar-refractivity contribution is 7.90. The number of hydrogen-bond donors (Lipinski definition) is 1. The summed E-state index contributed by atoms with van der Waals surface area (Å²) < 4.78 is 24.0. The number of hydrogen-bond acceptors (Lipinski definition) is 6. The molecular weight excluding hydrogens is 448 g/mol. The maximum Gasteiger partial charge on any atom is 0.325 e. The highest BCUT2D eigenvalue weighted by atomic mass is 35.5. The number of nitrogens with one attached hydrogen (secondary N) is 1. The van der Waals surface area contributed by atoms with Crippen LogP contribution in [0.3, 0.4) is 0 Å². The summed E-state index contributed by atoms with van der Waals surface area (Å²) in [6.45, 7) is 0.763. The third-order valence-corrected chi connectivity index (χ3v) is 6.86. The van der Waals surface area contributed by atoms with Crippen LogP contribution >= 0.6 is 22.9 Å². The highest BCUT2D eigenvalue weighted by Gasteiger charge is 2.31. The SMILES string of the molecule is CS(=O)(=O)c1ccc2nc(NC(=O)CN3CCN(c4cccc(Cl)c4)C3=O)sc2c1. The first-order chi connectivity index (χ1) is 14.2. The van der Waals surface area contributed by atoms with Crippen LogP contribution in [0.2, 0.25) is 5.02 Å². The Labute approximate surface area is 182 Å². The molecule has 1 aliphatic heterocycles. The van der Waals surface area contributed by atoms with Gasteiger partial charge in [-0.15, -0.1) is 0 Å². The summed E-state index contributed by atoms with van der Waals surface area (Å²) in [5.74, 6) is -0.376. The molecule has 8 nitrogen and oxygen atoms in total. The molecule has 1 aliphatic rings. The zero-order chi connectivity index (χ0) is 21.5. The number of fused-ring (bicyclic) bond motifs is 1. The topological polar surface area (TPSA) is 99.7 Å². The average molecular weight is 465 g/mol. The normalized spacial score (nSPS) is 14.5. The van der Waals surface area contributed by atoms with Gasteiger partial charge in [0.1, 0.15) is 6.54 Å². The van der Waals surface area contributed by atoms with E-state index in [1.165, 1.54) is 28.4 Å². The van der Waals surface area contributed by atoms with Crippen LogP contribution in [0.5, 0.6) is 0 Å². The second-order valence-corrected chi connectivity index (χ2v) is 10.3. The van der Waals surface area contributed by atoms with Crippen molar-refractivity contribution in [2.24, 2.45) is 0 Å². The van der Waals surface area contributed by atoms with Gasteiger partial charge in [0.15, 0.2) is 15.0 Å². The van der Waals surface area contributed by atoms with E-state index >= 15 is 0 Å². The summed E-state index contributed by atoms with van der Waals surface area (Å²) in [6, 6.07) is 11.3. The number of benzene rings is 2. The number of amides is 3. The Morgan fingerprint density at radius 1 is 1.23 bits per heavy atom. The van der Waals surface area contributed by atoms with Crippen LogP contribution in [0.4, 0.5) is 15.6 Å². The standard InChI is InChI=1S/C19H17ClN4O4S2/c1-30(27,28)14-5-6-15-16(10-14)29-18(21-15)22-17(25)11-23-7-8-24(19(23)26)13-4-2-3-12(20)9-13/h2-6,9-10H,7-8,11H2,1H3,(H,21,22,25). The number of nitrogens with zero attached hydrogens (tertiary/aromatic N) is 3. The molecular formula is C19H17ClN4O4S2. The van der Waals surface area contributed by atoms with Crippen LogP contribution in [0.25, 0.3) is 10.2 Å². The average Bonchev–Trinajstić information content (AvgIpc) is 3.23. The van der Waals surface area contributed by atoms with Crippen LogP contribution in [0.15, 0.2) is 47.4 Å². The molecule has 3 aromatic rings. The third-order valence-electron chi connectivity index (χ3n) is 4.58. The molecule has 2 aromatic carbocycles. The van der Waals surface area contributed by atoms with Gasteiger partial charge in [-0.3, -0.25) is 9.69 Å². The third kappa shape index (κ3) is 4.25. The predicted octanol–water partition coefficient (Wildman–Crippen LogP) is 3.23. The van der Waals surface area contributed by atoms with E-state index in [9.17, 15) is 18.0 Å². The Morgan fingerprint density at radius 3 is 2.77 bits per heavy atom. The lowest BCUT2D eigenvalue weighted by Gasteiger charge is -2.18. The number of carbonyl (C=O) groups excluding carboxylic acids is 2. The molecule has 1 fully saturated rings. The summed E-state index contributed by atoms with van der Waals surface area (Å²) in [6.07, 6.45) is 1.14. The van der Waals surface area contributed by atoms with E-state index in [1.54, 1.807) is 35.2 Å². The van der Waals surface area contributed by atoms with Crippen LogP contribution in [-0.4, -0.2) is 56.1 Å². The molecule has 0 radical (unpaired) electrons. The van der Waals surface area contributed by atoms with E-state index in [-0.39, 0.29) is 23.4 Å². The molecule has 1 saturated heterocycles. The van der Waals surface area contributed by atoms with Gasteiger partial charge in [0.2, 0.25) is 5.91 Å². The van der Waals surface area contributed by atoms with Crippen molar-refractivity contribution in [3.63, 3.8) is 0 Å². The lowest BCUT2D eigenvalue weighted by molar-refractivity contribution is -0.116. The quantitative estimate of drug-likeness (QED) is 0.624. The van der Waals surface area contributed by atoms with Gasteiger partial charge in [0, 0.05) is 30.1 Å². The molecule has 0 bridgehead atoms. The Kier molecular flexibility index (Phi) is 5.39. The van der Waals surface area contributed by atoms with Gasteiger partial charge in [0.05, 0.1) is 15.1 Å². The number of carbonyl (C=O) groups is 2. The molecule has 0 aliphatic carbocycles. The zero-order valence-corrected chi connectivity index (χ0v) is 18.2. The first-order valence-corrected chi connectivity index (χ1v) is 12.0. The maximum absolute atomic E-state index is 12.6. The van der Waals surface area contributed by atoms with Crippen molar-refractivity contribution in [2.75, 3.05) is 36.1 Å². The van der Waals surface area contributed by atoms with E-state index in [0.717, 1.165) is 6.26 Å². The van der Waals surface area contributed by atoms with Gasteiger partial charge in [-0.05, 0) is 36.4 Å². The summed E-state index contributed by atoms with van der Waals surface area (Å²) in [7, 11) is -3.33. The van der Waals surface area contributed by atoms with Crippen molar-refractivity contribution >= 4 is 65.7 Å². The molecule has 0 atom stereocenters. The number of halogens is 1. The lowest BCUT2D eigenvalue weighted by Crippen LogP contribution is -2.37. The van der Waals surface area contributed by atoms with Crippen molar-refractivity contribution in [1.82, 2.24) is 9.88 Å². The Bertz CT molecular complexity index is 1260. The van der Waals surface area contributed by atoms with Crippen molar-refractivity contribution in [2.45, 2.75) is 4.90 Å². The Hall–Kier alpha value is -2.69. The number of aromatic nitrogens is 1. The molecule has 3 amide bonds. The van der Waals surface area contributed by atoms with Gasteiger partial charge < -0.3 is 10.2 Å². The monoisotopic (exact) mass is 464 g/mol.